The summed E-state index contributed by atoms with van der Waals surface area (Å²) in [5.41, 5.74) is 6.99. The normalized spacial score (nSPS) is 6.09. The molecule has 0 atom stereocenters. The molecule has 23 heavy (non-hydrogen) atoms. The predicted molar refractivity (Wildman–Crippen MR) is 67.2 cm³/mol. The van der Waals surface area contributed by atoms with E-state index in [4.69, 9.17) is 26.8 Å². The van der Waals surface area contributed by atoms with E-state index in [1.54, 1.807) is 18.5 Å². The number of rotatable bonds is 1. The molecule has 2 aromatic heterocycles. The molecule has 2 rings (SSSR count). The average molecular weight is 375 g/mol. The van der Waals surface area contributed by atoms with Gasteiger partial charge in [-0.2, -0.15) is 0 Å². The maximum Gasteiger partial charge on any atom is 0.220 e. The van der Waals surface area contributed by atoms with Crippen LogP contribution in [0.4, 0.5) is 5.95 Å². The van der Waals surface area contributed by atoms with Crippen molar-refractivity contribution in [3.63, 3.8) is 0 Å². The van der Waals surface area contributed by atoms with Gasteiger partial charge in [0.05, 0.1) is 11.4 Å². The maximum absolute atomic E-state index is 7.00. The summed E-state index contributed by atoms with van der Waals surface area (Å²) >= 11 is 0. The van der Waals surface area contributed by atoms with Crippen molar-refractivity contribution in [1.82, 2.24) is 21.1 Å². The maximum atomic E-state index is 7.00. The summed E-state index contributed by atoms with van der Waals surface area (Å²) in [7, 11) is 0. The third-order valence-electron chi connectivity index (χ3n) is 1.60. The molecule has 14 heteroatoms. The van der Waals surface area contributed by atoms with Gasteiger partial charge in [-0.15, -0.1) is 0 Å². The Bertz CT molecular complexity index is 428. The fraction of sp³-hybridized carbons (Fsp3) is 0. The molecule has 0 aromatic carbocycles. The van der Waals surface area contributed by atoms with Crippen molar-refractivity contribution < 1.29 is 61.5 Å². The summed E-state index contributed by atoms with van der Waals surface area (Å²) in [6, 6.07) is 7.41. The summed E-state index contributed by atoms with van der Waals surface area (Å²) in [5, 5.41) is 28.0. The first-order valence-corrected chi connectivity index (χ1v) is 4.19. The van der Waals surface area contributed by atoms with Crippen LogP contribution < -0.4 is 32.9 Å². The van der Waals surface area contributed by atoms with Crippen molar-refractivity contribution >= 4 is 5.95 Å². The minimum atomic E-state index is 0. The number of pyridine rings is 1. The molecule has 0 amide bonds. The van der Waals surface area contributed by atoms with E-state index < -0.39 is 0 Å². The number of anilines is 1. The van der Waals surface area contributed by atoms with Crippen molar-refractivity contribution in [2.75, 3.05) is 5.73 Å². The Morgan fingerprint density at radius 1 is 0.783 bits per heavy atom. The third kappa shape index (κ3) is 16.5. The molecule has 0 saturated carbocycles. The fourth-order valence-corrected chi connectivity index (χ4v) is 1.03. The second kappa shape index (κ2) is 28.4. The Kier molecular flexibility index (Phi) is 53.0. The van der Waals surface area contributed by atoms with Crippen LogP contribution in [-0.4, -0.2) is 31.4 Å². The van der Waals surface area contributed by atoms with Crippen LogP contribution in [0.5, 0.6) is 0 Å². The number of nitrogens with zero attached hydrogens (tertiary/aromatic N) is 3. The Hall–Kier alpha value is -1.75. The standard InChI is InChI=1S/C9H8N4.H3N.2O2.3H2O.O.V/c10-9-12-6-4-8(13-9)7-3-1-2-5-11-7;;2*1-2;;;;;/h1-6H,(H2,10,12,13);1H3;;;3*1H2;;/q;;2*-2;;;;-2;/p+1. The summed E-state index contributed by atoms with van der Waals surface area (Å²) < 4.78 is 0. The van der Waals surface area contributed by atoms with Crippen molar-refractivity contribution in [1.29, 1.82) is 0 Å². The number of quaternary nitrogens is 1. The quantitative estimate of drug-likeness (QED) is 0.356. The molecule has 0 spiro atoms. The van der Waals surface area contributed by atoms with E-state index in [2.05, 4.69) is 15.0 Å². The largest absolute Gasteiger partial charge is 2.00 e. The Morgan fingerprint density at radius 3 is 1.70 bits per heavy atom. The van der Waals surface area contributed by atoms with Gasteiger partial charge in [-0.25, -0.2) is 9.97 Å². The monoisotopic (exact) mass is 375 g/mol. The van der Waals surface area contributed by atoms with Crippen molar-refractivity contribution in [2.45, 2.75) is 0 Å². The molecule has 0 aliphatic heterocycles. The Balaban J connectivity index is -0.0000000478. The van der Waals surface area contributed by atoms with Crippen LogP contribution in [-0.2, 0) is 24.0 Å². The van der Waals surface area contributed by atoms with Gasteiger partial charge < -0.3 is 54.8 Å². The molecule has 1 radical (unpaired) electrons. The average Bonchev–Trinajstić information content (AvgIpc) is 2.44. The smallest absolute Gasteiger partial charge is 0.220 e. The predicted octanol–water partition coefficient (Wildman–Crippen LogP) is -5.85. The van der Waals surface area contributed by atoms with Crippen LogP contribution in [0, 0.1) is 0 Å². The molecule has 0 unspecified atom stereocenters. The molecule has 0 fully saturated rings. The molecule has 2 aromatic rings. The van der Waals surface area contributed by atoms with E-state index in [-0.39, 0.29) is 52.6 Å². The third-order valence-corrected chi connectivity index (χ3v) is 1.60. The van der Waals surface area contributed by atoms with Gasteiger partial charge in [0.1, 0.15) is 0 Å². The van der Waals surface area contributed by atoms with E-state index in [9.17, 15) is 0 Å². The minimum Gasteiger partial charge on any atom is -2.00 e. The number of nitrogens with two attached hydrogens (primary N) is 1. The van der Waals surface area contributed by atoms with Crippen LogP contribution >= 0.6 is 0 Å². The van der Waals surface area contributed by atoms with Crippen LogP contribution in [0.3, 0.4) is 0 Å². The molecule has 0 aliphatic rings. The summed E-state index contributed by atoms with van der Waals surface area (Å²) in [6.45, 7) is 0. The van der Waals surface area contributed by atoms with E-state index in [1.165, 1.54) is 0 Å². The number of hydrogen-bond donors (Lipinski definition) is 2. The topological polar surface area (TPSA) is 316 Å². The molecule has 12 N–H and O–H groups in total. The summed E-state index contributed by atoms with van der Waals surface area (Å²) in [4.78, 5) is 12.0. The first-order chi connectivity index (χ1) is 8.36. The van der Waals surface area contributed by atoms with Gasteiger partial charge in [0.15, 0.2) is 0 Å². The van der Waals surface area contributed by atoms with Gasteiger partial charge in [-0.05, 0) is 18.2 Å². The van der Waals surface area contributed by atoms with Crippen LogP contribution in [0.25, 0.3) is 11.4 Å². The number of nitrogen functional groups attached to an aromatic ring is 1. The van der Waals surface area contributed by atoms with Gasteiger partial charge in [0.2, 0.25) is 5.95 Å². The Labute approximate surface area is 143 Å². The molecule has 0 bridgehead atoms. The van der Waals surface area contributed by atoms with Gasteiger partial charge >= 0.3 is 0 Å². The Morgan fingerprint density at radius 2 is 1.30 bits per heavy atom. The number of aromatic nitrogens is 3. The SMILES string of the molecule is Nc1nccc(-c2ccccn2)n1.O.O.O.[NH4+].[O-2].[O-][O-].[O-][O-].[V]. The first-order valence-electron chi connectivity index (χ1n) is 4.19. The molecule has 13 nitrogen and oxygen atoms in total. The molecule has 137 valence electrons. The molecular formula is C9H18N5O8V-5. The van der Waals surface area contributed by atoms with Crippen molar-refractivity contribution in [3.8, 4) is 11.4 Å². The van der Waals surface area contributed by atoms with Crippen LogP contribution in [0.1, 0.15) is 0 Å². The zero-order valence-electron chi connectivity index (χ0n) is 11.9. The van der Waals surface area contributed by atoms with E-state index >= 15 is 0 Å². The first kappa shape index (κ1) is 42.9. The second-order valence-corrected chi connectivity index (χ2v) is 2.52. The second-order valence-electron chi connectivity index (χ2n) is 2.52. The van der Waals surface area contributed by atoms with E-state index in [0.29, 0.717) is 0 Å². The molecule has 2 heterocycles. The zero-order valence-corrected chi connectivity index (χ0v) is 13.3. The van der Waals surface area contributed by atoms with Gasteiger partial charge in [0, 0.05) is 30.9 Å². The van der Waals surface area contributed by atoms with Gasteiger partial charge in [-0.3, -0.25) is 4.98 Å². The summed E-state index contributed by atoms with van der Waals surface area (Å²) in [6.07, 6.45) is 3.33. The van der Waals surface area contributed by atoms with Gasteiger partial charge in [-0.1, -0.05) is 6.07 Å². The molecule has 0 saturated heterocycles. The number of hydrogen-bond acceptors (Lipinski definition) is 8. The minimum absolute atomic E-state index is 0. The zero-order chi connectivity index (χ0) is 13.1. The molecular weight excluding hydrogens is 357 g/mol. The van der Waals surface area contributed by atoms with Crippen molar-refractivity contribution in [2.24, 2.45) is 0 Å². The summed E-state index contributed by atoms with van der Waals surface area (Å²) in [5.74, 6) is 0.267. The van der Waals surface area contributed by atoms with Crippen molar-refractivity contribution in [3.05, 3.63) is 36.7 Å². The van der Waals surface area contributed by atoms with E-state index in [1.807, 2.05) is 18.2 Å². The van der Waals surface area contributed by atoms with Crippen LogP contribution in [0.2, 0.25) is 0 Å². The van der Waals surface area contributed by atoms with Gasteiger partial charge in [0.25, 0.3) is 0 Å². The van der Waals surface area contributed by atoms with Crippen LogP contribution in [0.15, 0.2) is 36.7 Å². The fourth-order valence-electron chi connectivity index (χ4n) is 1.03. The molecule has 0 aliphatic carbocycles. The van der Waals surface area contributed by atoms with E-state index in [0.717, 1.165) is 11.4 Å².